The molecule has 0 aliphatic heterocycles. The van der Waals surface area contributed by atoms with E-state index in [1.807, 2.05) is 0 Å². The van der Waals surface area contributed by atoms with Crippen molar-refractivity contribution in [1.82, 2.24) is 0 Å². The van der Waals surface area contributed by atoms with Gasteiger partial charge in [0, 0.05) is 0 Å². The van der Waals surface area contributed by atoms with E-state index in [-0.39, 0.29) is 0 Å². The third-order valence-corrected chi connectivity index (χ3v) is 2.07. The number of nitrogens with zero attached hydrogens (tertiary/aromatic N) is 1. The zero-order valence-corrected chi connectivity index (χ0v) is 7.42. The van der Waals surface area contributed by atoms with Crippen LogP contribution in [0.25, 0.3) is 0 Å². The van der Waals surface area contributed by atoms with Crippen LogP contribution >= 0.6 is 15.9 Å². The highest BCUT2D eigenvalue weighted by Crippen LogP contribution is 2.27. The van der Waals surface area contributed by atoms with E-state index in [0.717, 1.165) is 0 Å². The molecular formula is C7BrF4N. The lowest BCUT2D eigenvalue weighted by Gasteiger charge is -2.01. The van der Waals surface area contributed by atoms with Crippen molar-refractivity contribution in [3.63, 3.8) is 0 Å². The minimum absolute atomic E-state index is 0.716. The van der Waals surface area contributed by atoms with Crippen LogP contribution in [0, 0.1) is 34.6 Å². The first-order valence-corrected chi connectivity index (χ1v) is 3.71. The number of rotatable bonds is 0. The van der Waals surface area contributed by atoms with E-state index in [4.69, 9.17) is 5.26 Å². The van der Waals surface area contributed by atoms with Crippen LogP contribution in [0.1, 0.15) is 5.56 Å². The van der Waals surface area contributed by atoms with Gasteiger partial charge in [-0.25, -0.2) is 17.6 Å². The normalized spacial score (nSPS) is 9.85. The van der Waals surface area contributed by atoms with Crippen LogP contribution in [-0.2, 0) is 0 Å². The van der Waals surface area contributed by atoms with Crippen molar-refractivity contribution in [3.8, 4) is 6.07 Å². The summed E-state index contributed by atoms with van der Waals surface area (Å²) in [4.78, 5) is 0. The van der Waals surface area contributed by atoms with E-state index in [0.29, 0.717) is 0 Å². The van der Waals surface area contributed by atoms with Crippen LogP contribution in [0.5, 0.6) is 0 Å². The zero-order chi connectivity index (χ0) is 10.2. The van der Waals surface area contributed by atoms with E-state index in [9.17, 15) is 17.6 Å². The van der Waals surface area contributed by atoms with E-state index < -0.39 is 33.3 Å². The van der Waals surface area contributed by atoms with Gasteiger partial charge in [-0.2, -0.15) is 5.26 Å². The fourth-order valence-electron chi connectivity index (χ4n) is 0.703. The Kier molecular flexibility index (Phi) is 2.57. The summed E-state index contributed by atoms with van der Waals surface area (Å²) in [6, 6.07) is 1.20. The molecule has 0 aliphatic rings. The molecule has 0 amide bonds. The molecule has 68 valence electrons. The molecule has 1 rings (SSSR count). The van der Waals surface area contributed by atoms with Gasteiger partial charge in [0.25, 0.3) is 0 Å². The van der Waals surface area contributed by atoms with E-state index in [2.05, 4.69) is 15.9 Å². The van der Waals surface area contributed by atoms with Crippen LogP contribution < -0.4 is 0 Å². The van der Waals surface area contributed by atoms with Crippen molar-refractivity contribution in [2.75, 3.05) is 0 Å². The summed E-state index contributed by atoms with van der Waals surface area (Å²) in [5, 5.41) is 8.26. The summed E-state index contributed by atoms with van der Waals surface area (Å²) in [5.41, 5.74) is -0.892. The molecule has 0 heterocycles. The minimum atomic E-state index is -1.99. The molecule has 13 heavy (non-hydrogen) atoms. The molecule has 0 bridgehead atoms. The van der Waals surface area contributed by atoms with Gasteiger partial charge >= 0.3 is 0 Å². The Morgan fingerprint density at radius 1 is 0.923 bits per heavy atom. The summed E-state index contributed by atoms with van der Waals surface area (Å²) < 4.78 is 49.5. The Hall–Kier alpha value is -1.09. The largest absolute Gasteiger partial charge is 0.202 e. The Labute approximate surface area is 78.7 Å². The zero-order valence-electron chi connectivity index (χ0n) is 5.84. The number of hydrogen-bond donors (Lipinski definition) is 0. The first kappa shape index (κ1) is 9.99. The second-order valence-corrected chi connectivity index (χ2v) is 2.85. The molecule has 0 fully saturated rings. The lowest BCUT2D eigenvalue weighted by atomic mass is 10.2. The molecule has 0 atom stereocenters. The van der Waals surface area contributed by atoms with Gasteiger partial charge in [0.15, 0.2) is 23.3 Å². The molecule has 1 nitrogen and oxygen atoms in total. The van der Waals surface area contributed by atoms with Gasteiger partial charge in [0.05, 0.1) is 4.47 Å². The Balaban J connectivity index is 3.69. The van der Waals surface area contributed by atoms with Crippen LogP contribution in [-0.4, -0.2) is 0 Å². The second-order valence-electron chi connectivity index (χ2n) is 2.06. The molecule has 0 spiro atoms. The van der Waals surface area contributed by atoms with Gasteiger partial charge in [-0.15, -0.1) is 0 Å². The van der Waals surface area contributed by atoms with Crippen molar-refractivity contribution in [3.05, 3.63) is 33.3 Å². The Bertz CT molecular complexity index is 381. The standard InChI is InChI=1S/C7BrF4N/c8-3-2(1-13)4(9)6(11)7(12)5(3)10. The number of nitriles is 1. The van der Waals surface area contributed by atoms with Gasteiger partial charge < -0.3 is 0 Å². The summed E-state index contributed by atoms with van der Waals surface area (Å²) in [6.45, 7) is 0. The average Bonchev–Trinajstić information content (AvgIpc) is 2.13. The van der Waals surface area contributed by atoms with Gasteiger partial charge in [-0.1, -0.05) is 0 Å². The fraction of sp³-hybridized carbons (Fsp3) is 0. The average molecular weight is 254 g/mol. The fourth-order valence-corrected chi connectivity index (χ4v) is 1.14. The van der Waals surface area contributed by atoms with E-state index in [1.54, 1.807) is 0 Å². The molecule has 0 saturated heterocycles. The van der Waals surface area contributed by atoms with Crippen molar-refractivity contribution >= 4 is 15.9 Å². The SMILES string of the molecule is N#Cc1c(F)c(F)c(F)c(F)c1Br. The van der Waals surface area contributed by atoms with Crippen LogP contribution in [0.4, 0.5) is 17.6 Å². The predicted octanol–water partition coefficient (Wildman–Crippen LogP) is 2.88. The third-order valence-electron chi connectivity index (χ3n) is 1.32. The van der Waals surface area contributed by atoms with Crippen LogP contribution in [0.2, 0.25) is 0 Å². The molecule has 6 heteroatoms. The van der Waals surface area contributed by atoms with Crippen molar-refractivity contribution in [2.45, 2.75) is 0 Å². The molecule has 1 aromatic rings. The van der Waals surface area contributed by atoms with E-state index in [1.165, 1.54) is 6.07 Å². The van der Waals surface area contributed by atoms with Gasteiger partial charge in [-0.05, 0) is 15.9 Å². The third kappa shape index (κ3) is 1.40. The molecule has 0 saturated carbocycles. The van der Waals surface area contributed by atoms with Crippen LogP contribution in [0.3, 0.4) is 0 Å². The topological polar surface area (TPSA) is 23.8 Å². The van der Waals surface area contributed by atoms with Gasteiger partial charge in [0.1, 0.15) is 11.6 Å². The highest BCUT2D eigenvalue weighted by molar-refractivity contribution is 9.10. The number of halogens is 5. The molecule has 0 unspecified atom stereocenters. The van der Waals surface area contributed by atoms with Gasteiger partial charge in [0.2, 0.25) is 0 Å². The van der Waals surface area contributed by atoms with Crippen molar-refractivity contribution in [2.24, 2.45) is 0 Å². The van der Waals surface area contributed by atoms with E-state index >= 15 is 0 Å². The maximum absolute atomic E-state index is 12.7. The number of hydrogen-bond acceptors (Lipinski definition) is 1. The lowest BCUT2D eigenvalue weighted by Crippen LogP contribution is -2.01. The molecule has 0 aromatic heterocycles. The molecule has 0 radical (unpaired) electrons. The summed E-state index contributed by atoms with van der Waals surface area (Å²) in [6.07, 6.45) is 0. The monoisotopic (exact) mass is 253 g/mol. The Morgan fingerprint density at radius 2 is 1.38 bits per heavy atom. The Morgan fingerprint density at radius 3 is 1.85 bits per heavy atom. The molecule has 1 aromatic carbocycles. The highest BCUT2D eigenvalue weighted by Gasteiger charge is 2.23. The number of benzene rings is 1. The molecule has 0 aliphatic carbocycles. The molecular weight excluding hydrogens is 254 g/mol. The van der Waals surface area contributed by atoms with Crippen LogP contribution in [0.15, 0.2) is 4.47 Å². The summed E-state index contributed by atoms with van der Waals surface area (Å²) in [5.74, 6) is -7.25. The van der Waals surface area contributed by atoms with Crippen molar-refractivity contribution < 1.29 is 17.6 Å². The summed E-state index contributed by atoms with van der Waals surface area (Å²) >= 11 is 2.43. The van der Waals surface area contributed by atoms with Gasteiger partial charge in [-0.3, -0.25) is 0 Å². The summed E-state index contributed by atoms with van der Waals surface area (Å²) in [7, 11) is 0. The first-order valence-electron chi connectivity index (χ1n) is 2.92. The second kappa shape index (κ2) is 3.34. The molecule has 0 N–H and O–H groups in total. The smallest absolute Gasteiger partial charge is 0.198 e. The van der Waals surface area contributed by atoms with Crippen molar-refractivity contribution in [1.29, 1.82) is 5.26 Å². The maximum atomic E-state index is 12.7. The minimum Gasteiger partial charge on any atom is -0.202 e. The maximum Gasteiger partial charge on any atom is 0.198 e. The lowest BCUT2D eigenvalue weighted by molar-refractivity contribution is 0.405. The first-order chi connectivity index (χ1) is 6.00. The quantitative estimate of drug-likeness (QED) is 0.396. The highest BCUT2D eigenvalue weighted by atomic mass is 79.9. The predicted molar refractivity (Wildman–Crippen MR) is 38.7 cm³/mol.